The van der Waals surface area contributed by atoms with Gasteiger partial charge in [0, 0.05) is 6.42 Å². The highest BCUT2D eigenvalue weighted by Gasteiger charge is 2.11. The molecule has 1 aromatic carbocycles. The van der Waals surface area contributed by atoms with E-state index in [2.05, 4.69) is 5.32 Å². The normalized spacial score (nSPS) is 14.2. The van der Waals surface area contributed by atoms with E-state index in [1.54, 1.807) is 0 Å². The Hall–Kier alpha value is -1.35. The standard InChI is InChI=1S/C13H20N2O/c1-10(9-14)8-13(16)15-11(2)12-6-4-3-5-7-12/h3-7,10-11H,8-9,14H2,1-2H3,(H,15,16). The van der Waals surface area contributed by atoms with Gasteiger partial charge in [0.2, 0.25) is 5.91 Å². The summed E-state index contributed by atoms with van der Waals surface area (Å²) in [6.07, 6.45) is 0.494. The van der Waals surface area contributed by atoms with E-state index in [9.17, 15) is 4.79 Å². The van der Waals surface area contributed by atoms with Gasteiger partial charge in [0.05, 0.1) is 6.04 Å². The van der Waals surface area contributed by atoms with E-state index in [1.807, 2.05) is 44.2 Å². The molecule has 88 valence electrons. The molecule has 1 aromatic rings. The van der Waals surface area contributed by atoms with Crippen LogP contribution in [0.25, 0.3) is 0 Å². The van der Waals surface area contributed by atoms with E-state index >= 15 is 0 Å². The first-order valence-corrected chi connectivity index (χ1v) is 5.68. The van der Waals surface area contributed by atoms with Crippen LogP contribution in [0.3, 0.4) is 0 Å². The molecule has 0 aromatic heterocycles. The second-order valence-electron chi connectivity index (χ2n) is 4.24. The van der Waals surface area contributed by atoms with Crippen molar-refractivity contribution in [3.63, 3.8) is 0 Å². The van der Waals surface area contributed by atoms with Gasteiger partial charge in [0.15, 0.2) is 0 Å². The molecule has 0 radical (unpaired) electrons. The third-order valence-electron chi connectivity index (χ3n) is 2.61. The van der Waals surface area contributed by atoms with Crippen LogP contribution in [0.2, 0.25) is 0 Å². The van der Waals surface area contributed by atoms with Gasteiger partial charge >= 0.3 is 0 Å². The molecular weight excluding hydrogens is 200 g/mol. The first kappa shape index (κ1) is 12.7. The molecule has 0 heterocycles. The summed E-state index contributed by atoms with van der Waals surface area (Å²) >= 11 is 0. The molecule has 0 saturated carbocycles. The van der Waals surface area contributed by atoms with Gasteiger partial charge in [0.25, 0.3) is 0 Å². The van der Waals surface area contributed by atoms with Crippen molar-refractivity contribution in [1.82, 2.24) is 5.32 Å². The first-order valence-electron chi connectivity index (χ1n) is 5.68. The Balaban J connectivity index is 2.46. The van der Waals surface area contributed by atoms with Crippen molar-refractivity contribution in [2.45, 2.75) is 26.3 Å². The maximum absolute atomic E-state index is 11.6. The Morgan fingerprint density at radius 1 is 1.31 bits per heavy atom. The molecule has 0 spiro atoms. The lowest BCUT2D eigenvalue weighted by Gasteiger charge is -2.15. The highest BCUT2D eigenvalue weighted by Crippen LogP contribution is 2.11. The molecule has 0 aliphatic rings. The van der Waals surface area contributed by atoms with Crippen molar-refractivity contribution in [3.8, 4) is 0 Å². The molecule has 3 N–H and O–H groups in total. The van der Waals surface area contributed by atoms with Crippen LogP contribution in [-0.4, -0.2) is 12.5 Å². The fraction of sp³-hybridized carbons (Fsp3) is 0.462. The molecule has 1 rings (SSSR count). The Labute approximate surface area is 97.0 Å². The van der Waals surface area contributed by atoms with Gasteiger partial charge in [0.1, 0.15) is 0 Å². The second-order valence-corrected chi connectivity index (χ2v) is 4.24. The van der Waals surface area contributed by atoms with Crippen LogP contribution in [0.5, 0.6) is 0 Å². The minimum absolute atomic E-state index is 0.0543. The SMILES string of the molecule is CC(CN)CC(=O)NC(C)c1ccccc1. The van der Waals surface area contributed by atoms with Crippen molar-refractivity contribution in [3.05, 3.63) is 35.9 Å². The number of carbonyl (C=O) groups excluding carboxylic acids is 1. The number of hydrogen-bond acceptors (Lipinski definition) is 2. The third kappa shape index (κ3) is 4.03. The minimum atomic E-state index is 0.0543. The Morgan fingerprint density at radius 3 is 2.50 bits per heavy atom. The lowest BCUT2D eigenvalue weighted by atomic mass is 10.1. The molecule has 1 amide bonds. The summed E-state index contributed by atoms with van der Waals surface area (Å²) in [6, 6.07) is 9.99. The van der Waals surface area contributed by atoms with E-state index in [1.165, 1.54) is 0 Å². The van der Waals surface area contributed by atoms with E-state index < -0.39 is 0 Å². The molecule has 3 nitrogen and oxygen atoms in total. The number of nitrogens with one attached hydrogen (secondary N) is 1. The number of hydrogen-bond donors (Lipinski definition) is 2. The largest absolute Gasteiger partial charge is 0.350 e. The van der Waals surface area contributed by atoms with Crippen LogP contribution in [0.15, 0.2) is 30.3 Å². The zero-order chi connectivity index (χ0) is 12.0. The molecule has 0 bridgehead atoms. The van der Waals surface area contributed by atoms with Crippen LogP contribution in [-0.2, 0) is 4.79 Å². The van der Waals surface area contributed by atoms with Crippen molar-refractivity contribution in [1.29, 1.82) is 0 Å². The molecule has 0 saturated heterocycles. The van der Waals surface area contributed by atoms with Crippen molar-refractivity contribution < 1.29 is 4.79 Å². The van der Waals surface area contributed by atoms with Gasteiger partial charge in [-0.2, -0.15) is 0 Å². The zero-order valence-corrected chi connectivity index (χ0v) is 9.94. The van der Waals surface area contributed by atoms with Gasteiger partial charge < -0.3 is 11.1 Å². The first-order chi connectivity index (χ1) is 7.63. The van der Waals surface area contributed by atoms with E-state index in [-0.39, 0.29) is 17.9 Å². The number of rotatable bonds is 5. The summed E-state index contributed by atoms with van der Waals surface area (Å²) in [5.41, 5.74) is 6.60. The second kappa shape index (κ2) is 6.28. The van der Waals surface area contributed by atoms with Crippen molar-refractivity contribution in [2.75, 3.05) is 6.54 Å². The highest BCUT2D eigenvalue weighted by atomic mass is 16.1. The lowest BCUT2D eigenvalue weighted by Crippen LogP contribution is -2.29. The zero-order valence-electron chi connectivity index (χ0n) is 9.94. The molecule has 2 unspecified atom stereocenters. The molecule has 16 heavy (non-hydrogen) atoms. The maximum atomic E-state index is 11.6. The van der Waals surface area contributed by atoms with Crippen LogP contribution in [0, 0.1) is 5.92 Å². The quantitative estimate of drug-likeness (QED) is 0.795. The minimum Gasteiger partial charge on any atom is -0.350 e. The van der Waals surface area contributed by atoms with E-state index in [0.717, 1.165) is 5.56 Å². The van der Waals surface area contributed by atoms with Gasteiger partial charge in [-0.05, 0) is 24.9 Å². The van der Waals surface area contributed by atoms with E-state index in [0.29, 0.717) is 13.0 Å². The number of nitrogens with two attached hydrogens (primary N) is 1. The van der Waals surface area contributed by atoms with Crippen molar-refractivity contribution >= 4 is 5.91 Å². The monoisotopic (exact) mass is 220 g/mol. The fourth-order valence-electron chi connectivity index (χ4n) is 1.53. The van der Waals surface area contributed by atoms with Gasteiger partial charge in [-0.25, -0.2) is 0 Å². The summed E-state index contributed by atoms with van der Waals surface area (Å²) in [5.74, 6) is 0.303. The summed E-state index contributed by atoms with van der Waals surface area (Å²) < 4.78 is 0. The molecule has 0 aliphatic carbocycles. The lowest BCUT2D eigenvalue weighted by molar-refractivity contribution is -0.122. The van der Waals surface area contributed by atoms with Crippen LogP contribution in [0.4, 0.5) is 0 Å². The summed E-state index contributed by atoms with van der Waals surface area (Å²) in [4.78, 5) is 11.6. The molecular formula is C13H20N2O. The summed E-state index contributed by atoms with van der Waals surface area (Å²) in [5, 5.41) is 2.97. The Morgan fingerprint density at radius 2 is 1.94 bits per heavy atom. The van der Waals surface area contributed by atoms with Crippen LogP contribution < -0.4 is 11.1 Å². The molecule has 0 fully saturated rings. The predicted octanol–water partition coefficient (Wildman–Crippen LogP) is 1.85. The summed E-state index contributed by atoms with van der Waals surface area (Å²) in [7, 11) is 0. The van der Waals surface area contributed by atoms with Crippen molar-refractivity contribution in [2.24, 2.45) is 11.7 Å². The molecule has 2 atom stereocenters. The summed E-state index contributed by atoms with van der Waals surface area (Å²) in [6.45, 7) is 4.51. The van der Waals surface area contributed by atoms with Gasteiger partial charge in [-0.15, -0.1) is 0 Å². The highest BCUT2D eigenvalue weighted by molar-refractivity contribution is 5.76. The van der Waals surface area contributed by atoms with Crippen LogP contribution >= 0.6 is 0 Å². The topological polar surface area (TPSA) is 55.1 Å². The predicted molar refractivity (Wildman–Crippen MR) is 65.8 cm³/mol. The van der Waals surface area contributed by atoms with Gasteiger partial charge in [-0.1, -0.05) is 37.3 Å². The maximum Gasteiger partial charge on any atom is 0.220 e. The molecule has 3 heteroatoms. The smallest absolute Gasteiger partial charge is 0.220 e. The van der Waals surface area contributed by atoms with Crippen LogP contribution in [0.1, 0.15) is 31.9 Å². The average Bonchev–Trinajstić information content (AvgIpc) is 2.29. The Kier molecular flexibility index (Phi) is 4.99. The van der Waals surface area contributed by atoms with E-state index in [4.69, 9.17) is 5.73 Å². The third-order valence-corrected chi connectivity index (χ3v) is 2.61. The fourth-order valence-corrected chi connectivity index (χ4v) is 1.53. The number of benzene rings is 1. The number of amides is 1. The van der Waals surface area contributed by atoms with Gasteiger partial charge in [-0.3, -0.25) is 4.79 Å². The Bertz CT molecular complexity index is 324. The average molecular weight is 220 g/mol. The number of carbonyl (C=O) groups is 1. The molecule has 0 aliphatic heterocycles.